The highest BCUT2D eigenvalue weighted by Gasteiger charge is 2.38. The van der Waals surface area contributed by atoms with Crippen molar-refractivity contribution in [2.75, 3.05) is 13.1 Å². The highest BCUT2D eigenvalue weighted by atomic mass is 19.4. The van der Waals surface area contributed by atoms with Crippen LogP contribution in [0.1, 0.15) is 12.3 Å². The Bertz CT molecular complexity index is 793. The lowest BCUT2D eigenvalue weighted by atomic mass is 10.2. The fourth-order valence-electron chi connectivity index (χ4n) is 2.39. The minimum atomic E-state index is -4.82. The second-order valence-corrected chi connectivity index (χ2v) is 5.32. The fourth-order valence-corrected chi connectivity index (χ4v) is 2.39. The monoisotopic (exact) mass is 361 g/mol. The van der Waals surface area contributed by atoms with Crippen molar-refractivity contribution in [3.05, 3.63) is 29.9 Å². The van der Waals surface area contributed by atoms with E-state index in [1.165, 1.54) is 17.0 Å². The standard InChI is InChI=1S/C14H11F4N3O4/c15-10-5-7(24-8-3-4-21(6-8)13(22)23)1-2-9(10)11-19-12(25-20-11)14(16,17)18/h1-2,5,8H,3-4,6H2,(H,22,23)/t8-/m1/s1. The average molecular weight is 361 g/mol. The fraction of sp³-hybridized carbons (Fsp3) is 0.357. The third-order valence-corrected chi connectivity index (χ3v) is 3.57. The third-order valence-electron chi connectivity index (χ3n) is 3.57. The maximum absolute atomic E-state index is 14.1. The molecule has 3 rings (SSSR count). The van der Waals surface area contributed by atoms with E-state index < -0.39 is 35.9 Å². The summed E-state index contributed by atoms with van der Waals surface area (Å²) in [5, 5.41) is 12.0. The Hall–Kier alpha value is -2.85. The highest BCUT2D eigenvalue weighted by molar-refractivity contribution is 5.65. The van der Waals surface area contributed by atoms with E-state index in [1.807, 2.05) is 0 Å². The van der Waals surface area contributed by atoms with Crippen LogP contribution in [0.25, 0.3) is 11.4 Å². The van der Waals surface area contributed by atoms with Crippen molar-refractivity contribution in [1.82, 2.24) is 15.0 Å². The van der Waals surface area contributed by atoms with Gasteiger partial charge < -0.3 is 19.3 Å². The lowest BCUT2D eigenvalue weighted by molar-refractivity contribution is -0.159. The van der Waals surface area contributed by atoms with Crippen LogP contribution in [0.15, 0.2) is 22.7 Å². The van der Waals surface area contributed by atoms with Crippen molar-refractivity contribution in [2.45, 2.75) is 18.7 Å². The first-order valence-electron chi connectivity index (χ1n) is 7.09. The Balaban J connectivity index is 1.73. The molecule has 11 heteroatoms. The van der Waals surface area contributed by atoms with Crippen LogP contribution in [0.3, 0.4) is 0 Å². The molecule has 1 atom stereocenters. The van der Waals surface area contributed by atoms with Crippen LogP contribution >= 0.6 is 0 Å². The Morgan fingerprint density at radius 1 is 1.40 bits per heavy atom. The number of ether oxygens (including phenoxy) is 1. The summed E-state index contributed by atoms with van der Waals surface area (Å²) in [5.41, 5.74) is -0.273. The van der Waals surface area contributed by atoms with Crippen LogP contribution in [0.5, 0.6) is 5.75 Å². The number of halogens is 4. The summed E-state index contributed by atoms with van der Waals surface area (Å²) in [6, 6.07) is 3.48. The first kappa shape index (κ1) is 17.0. The van der Waals surface area contributed by atoms with Gasteiger partial charge in [0.1, 0.15) is 17.7 Å². The van der Waals surface area contributed by atoms with Crippen molar-refractivity contribution in [1.29, 1.82) is 0 Å². The number of amides is 1. The smallest absolute Gasteiger partial charge is 0.471 e. The molecule has 1 amide bonds. The van der Waals surface area contributed by atoms with Crippen molar-refractivity contribution in [3.63, 3.8) is 0 Å². The highest BCUT2D eigenvalue weighted by Crippen LogP contribution is 2.31. The molecule has 134 valence electrons. The minimum absolute atomic E-state index is 0.123. The molecule has 1 aromatic heterocycles. The number of hydrogen-bond donors (Lipinski definition) is 1. The minimum Gasteiger partial charge on any atom is -0.488 e. The van der Waals surface area contributed by atoms with Gasteiger partial charge in [-0.15, -0.1) is 0 Å². The molecule has 1 aliphatic rings. The van der Waals surface area contributed by atoms with E-state index in [2.05, 4.69) is 14.7 Å². The summed E-state index contributed by atoms with van der Waals surface area (Å²) in [5.74, 6) is -2.87. The molecule has 1 saturated heterocycles. The summed E-state index contributed by atoms with van der Waals surface area (Å²) in [6.45, 7) is 0.460. The second kappa shape index (κ2) is 6.22. The zero-order valence-electron chi connectivity index (χ0n) is 12.5. The molecule has 0 bridgehead atoms. The predicted octanol–water partition coefficient (Wildman–Crippen LogP) is 3.03. The van der Waals surface area contributed by atoms with Gasteiger partial charge in [-0.1, -0.05) is 5.16 Å². The van der Waals surface area contributed by atoms with Crippen molar-refractivity contribution >= 4 is 6.09 Å². The summed E-state index contributed by atoms with van der Waals surface area (Å²) in [4.78, 5) is 15.1. The van der Waals surface area contributed by atoms with Gasteiger partial charge in [0, 0.05) is 19.0 Å². The van der Waals surface area contributed by atoms with E-state index in [0.29, 0.717) is 13.0 Å². The van der Waals surface area contributed by atoms with Crippen LogP contribution in [0, 0.1) is 5.82 Å². The quantitative estimate of drug-likeness (QED) is 0.846. The molecule has 0 unspecified atom stereocenters. The number of alkyl halides is 3. The number of rotatable bonds is 3. The maximum Gasteiger partial charge on any atom is 0.471 e. The summed E-state index contributed by atoms with van der Waals surface area (Å²) in [7, 11) is 0. The lowest BCUT2D eigenvalue weighted by Gasteiger charge is -2.14. The van der Waals surface area contributed by atoms with Gasteiger partial charge in [-0.2, -0.15) is 18.2 Å². The Morgan fingerprint density at radius 2 is 2.16 bits per heavy atom. The largest absolute Gasteiger partial charge is 0.488 e. The summed E-state index contributed by atoms with van der Waals surface area (Å²) < 4.78 is 61.0. The molecule has 0 spiro atoms. The van der Waals surface area contributed by atoms with Crippen LogP contribution in [0.2, 0.25) is 0 Å². The van der Waals surface area contributed by atoms with Crippen molar-refractivity contribution in [3.8, 4) is 17.1 Å². The normalized spacial score (nSPS) is 17.8. The van der Waals surface area contributed by atoms with Gasteiger partial charge >= 0.3 is 18.2 Å². The number of aromatic nitrogens is 2. The molecule has 25 heavy (non-hydrogen) atoms. The predicted molar refractivity (Wildman–Crippen MR) is 73.3 cm³/mol. The molecule has 1 N–H and O–H groups in total. The van der Waals surface area contributed by atoms with E-state index in [9.17, 15) is 22.4 Å². The summed E-state index contributed by atoms with van der Waals surface area (Å²) >= 11 is 0. The number of likely N-dealkylation sites (tertiary alicyclic amines) is 1. The third kappa shape index (κ3) is 3.64. The molecule has 1 aliphatic heterocycles. The first-order valence-corrected chi connectivity index (χ1v) is 7.09. The number of hydrogen-bond acceptors (Lipinski definition) is 5. The Kier molecular flexibility index (Phi) is 4.23. The van der Waals surface area contributed by atoms with Crippen LogP contribution in [-0.4, -0.2) is 45.4 Å². The van der Waals surface area contributed by atoms with Gasteiger partial charge in [0.25, 0.3) is 0 Å². The molecule has 0 aliphatic carbocycles. The van der Waals surface area contributed by atoms with Gasteiger partial charge in [-0.05, 0) is 12.1 Å². The number of nitrogens with zero attached hydrogens (tertiary/aromatic N) is 3. The van der Waals surface area contributed by atoms with Gasteiger partial charge in [-0.25, -0.2) is 9.18 Å². The first-order chi connectivity index (χ1) is 11.7. The molecule has 2 heterocycles. The number of carboxylic acid groups (broad SMARTS) is 1. The molecule has 7 nitrogen and oxygen atoms in total. The zero-order valence-corrected chi connectivity index (χ0v) is 12.5. The van der Waals surface area contributed by atoms with Gasteiger partial charge in [0.15, 0.2) is 0 Å². The zero-order chi connectivity index (χ0) is 18.2. The van der Waals surface area contributed by atoms with Crippen molar-refractivity contribution < 1.29 is 36.7 Å². The molecule has 1 fully saturated rings. The van der Waals surface area contributed by atoms with E-state index >= 15 is 0 Å². The SMILES string of the molecule is O=C(O)N1CC[C@@H](Oc2ccc(-c3noc(C(F)(F)F)n3)c(F)c2)C1. The lowest BCUT2D eigenvalue weighted by Crippen LogP contribution is -2.29. The Morgan fingerprint density at radius 3 is 2.72 bits per heavy atom. The van der Waals surface area contributed by atoms with Crippen LogP contribution in [0.4, 0.5) is 22.4 Å². The Labute approximate surface area is 137 Å². The topological polar surface area (TPSA) is 88.7 Å². The van der Waals surface area contributed by atoms with E-state index in [4.69, 9.17) is 9.84 Å². The second-order valence-electron chi connectivity index (χ2n) is 5.32. The maximum atomic E-state index is 14.1. The number of carbonyl (C=O) groups is 1. The summed E-state index contributed by atoms with van der Waals surface area (Å²) in [6.07, 6.45) is -5.85. The number of benzene rings is 1. The average Bonchev–Trinajstić information content (AvgIpc) is 3.16. The van der Waals surface area contributed by atoms with Crippen LogP contribution in [-0.2, 0) is 6.18 Å². The van der Waals surface area contributed by atoms with E-state index in [0.717, 1.165) is 6.07 Å². The van der Waals surface area contributed by atoms with Gasteiger partial charge in [-0.3, -0.25) is 0 Å². The molecule has 0 saturated carbocycles. The van der Waals surface area contributed by atoms with E-state index in [-0.39, 0.29) is 17.9 Å². The van der Waals surface area contributed by atoms with Gasteiger partial charge in [0.05, 0.1) is 12.1 Å². The van der Waals surface area contributed by atoms with Crippen LogP contribution < -0.4 is 4.74 Å². The van der Waals surface area contributed by atoms with Gasteiger partial charge in [0.2, 0.25) is 5.82 Å². The van der Waals surface area contributed by atoms with Crippen molar-refractivity contribution in [2.24, 2.45) is 0 Å². The molecule has 0 radical (unpaired) electrons. The van der Waals surface area contributed by atoms with E-state index in [1.54, 1.807) is 0 Å². The molecule has 2 aromatic rings. The molecular weight excluding hydrogens is 350 g/mol. The molecule has 1 aromatic carbocycles. The molecular formula is C14H11F4N3O4.